The Morgan fingerprint density at radius 2 is 1.94 bits per heavy atom. The number of rotatable bonds is 2. The largest absolute Gasteiger partial charge is 0.397 e. The first kappa shape index (κ1) is 12.5. The van der Waals surface area contributed by atoms with E-state index in [2.05, 4.69) is 37.9 Å². The highest BCUT2D eigenvalue weighted by Gasteiger charge is 2.14. The second-order valence-corrected chi connectivity index (χ2v) is 4.83. The lowest BCUT2D eigenvalue weighted by atomic mass is 9.87. The van der Waals surface area contributed by atoms with Gasteiger partial charge in [0.1, 0.15) is 0 Å². The Bertz CT molecular complexity index is 409. The number of hydrogen-bond donors (Lipinski definition) is 1. The molecular weight excluding hydrogens is 196 g/mol. The van der Waals surface area contributed by atoms with E-state index in [0.29, 0.717) is 5.69 Å². The van der Waals surface area contributed by atoms with E-state index in [9.17, 15) is 0 Å². The van der Waals surface area contributed by atoms with Crippen molar-refractivity contribution in [3.05, 3.63) is 35.9 Å². The quantitative estimate of drug-likeness (QED) is 0.592. The Kier molecular flexibility index (Phi) is 3.88. The second-order valence-electron chi connectivity index (χ2n) is 4.83. The number of benzene rings is 1. The molecule has 0 heterocycles. The topological polar surface area (TPSA) is 38.4 Å². The number of anilines is 1. The van der Waals surface area contributed by atoms with E-state index < -0.39 is 0 Å². The molecule has 0 spiro atoms. The standard InChI is InChI=1S/C14H20N2/c1-5-6-9-16-13-10-11(14(2,3)4)7-8-12(13)15/h5-10H,15H2,1-4H3/b6-5-,16-9?. The molecule has 0 aliphatic rings. The van der Waals surface area contributed by atoms with Gasteiger partial charge >= 0.3 is 0 Å². The first-order chi connectivity index (χ1) is 7.45. The van der Waals surface area contributed by atoms with E-state index >= 15 is 0 Å². The fourth-order valence-corrected chi connectivity index (χ4v) is 1.33. The summed E-state index contributed by atoms with van der Waals surface area (Å²) in [5.74, 6) is 0. The molecule has 1 aromatic rings. The monoisotopic (exact) mass is 216 g/mol. The molecule has 2 heteroatoms. The van der Waals surface area contributed by atoms with Gasteiger partial charge in [-0.2, -0.15) is 0 Å². The van der Waals surface area contributed by atoms with Crippen molar-refractivity contribution in [2.24, 2.45) is 4.99 Å². The molecule has 86 valence electrons. The maximum atomic E-state index is 5.88. The Labute approximate surface area is 97.9 Å². The minimum atomic E-state index is 0.124. The van der Waals surface area contributed by atoms with E-state index in [0.717, 1.165) is 5.69 Å². The van der Waals surface area contributed by atoms with Crippen LogP contribution in [0, 0.1) is 0 Å². The van der Waals surface area contributed by atoms with Gasteiger partial charge in [0.05, 0.1) is 11.4 Å². The molecule has 16 heavy (non-hydrogen) atoms. The van der Waals surface area contributed by atoms with Crippen LogP contribution in [-0.4, -0.2) is 6.21 Å². The molecule has 0 radical (unpaired) electrons. The van der Waals surface area contributed by atoms with Gasteiger partial charge in [0.2, 0.25) is 0 Å². The average molecular weight is 216 g/mol. The molecule has 0 amide bonds. The SMILES string of the molecule is C/C=C\C=Nc1cc(C(C)(C)C)ccc1N. The minimum absolute atomic E-state index is 0.124. The van der Waals surface area contributed by atoms with Gasteiger partial charge in [-0.1, -0.05) is 32.9 Å². The number of nitrogens with two attached hydrogens (primary N) is 1. The molecular formula is C14H20N2. The van der Waals surface area contributed by atoms with Crippen molar-refractivity contribution in [1.29, 1.82) is 0 Å². The summed E-state index contributed by atoms with van der Waals surface area (Å²) in [6.45, 7) is 8.49. The molecule has 0 aliphatic carbocycles. The summed E-state index contributed by atoms with van der Waals surface area (Å²) in [5, 5.41) is 0. The van der Waals surface area contributed by atoms with Gasteiger partial charge in [0.25, 0.3) is 0 Å². The molecule has 0 unspecified atom stereocenters. The summed E-state index contributed by atoms with van der Waals surface area (Å²) in [7, 11) is 0. The fourth-order valence-electron chi connectivity index (χ4n) is 1.33. The third-order valence-electron chi connectivity index (χ3n) is 2.39. The van der Waals surface area contributed by atoms with Crippen molar-refractivity contribution in [3.8, 4) is 0 Å². The number of aliphatic imine (C=N–C) groups is 1. The number of nitrogen functional groups attached to an aromatic ring is 1. The predicted octanol–water partition coefficient (Wildman–Crippen LogP) is 3.84. The average Bonchev–Trinajstić information content (AvgIpc) is 2.19. The lowest BCUT2D eigenvalue weighted by molar-refractivity contribution is 0.590. The molecule has 2 nitrogen and oxygen atoms in total. The first-order valence-electron chi connectivity index (χ1n) is 5.50. The molecule has 1 aromatic carbocycles. The van der Waals surface area contributed by atoms with Gasteiger partial charge in [-0.3, -0.25) is 4.99 Å². The van der Waals surface area contributed by atoms with Crippen molar-refractivity contribution >= 4 is 17.6 Å². The number of hydrogen-bond acceptors (Lipinski definition) is 2. The van der Waals surface area contributed by atoms with Gasteiger partial charge < -0.3 is 5.73 Å². The first-order valence-corrected chi connectivity index (χ1v) is 5.50. The molecule has 0 saturated carbocycles. The van der Waals surface area contributed by atoms with E-state index in [1.54, 1.807) is 6.21 Å². The van der Waals surface area contributed by atoms with Crippen molar-refractivity contribution in [2.75, 3.05) is 5.73 Å². The summed E-state index contributed by atoms with van der Waals surface area (Å²) in [6.07, 6.45) is 5.59. The highest BCUT2D eigenvalue weighted by atomic mass is 14.8. The van der Waals surface area contributed by atoms with E-state index in [1.807, 2.05) is 25.1 Å². The van der Waals surface area contributed by atoms with E-state index in [-0.39, 0.29) is 5.41 Å². The van der Waals surface area contributed by atoms with Crippen LogP contribution in [0.5, 0.6) is 0 Å². The van der Waals surface area contributed by atoms with E-state index in [1.165, 1.54) is 5.56 Å². The van der Waals surface area contributed by atoms with Crippen LogP contribution in [0.15, 0.2) is 35.3 Å². The van der Waals surface area contributed by atoms with Crippen LogP contribution < -0.4 is 5.73 Å². The summed E-state index contributed by atoms with van der Waals surface area (Å²) in [6, 6.07) is 6.03. The highest BCUT2D eigenvalue weighted by molar-refractivity contribution is 5.78. The minimum Gasteiger partial charge on any atom is -0.397 e. The lowest BCUT2D eigenvalue weighted by Crippen LogP contribution is -2.10. The summed E-state index contributed by atoms with van der Waals surface area (Å²) < 4.78 is 0. The maximum Gasteiger partial charge on any atom is 0.0861 e. The Morgan fingerprint density at radius 3 is 2.50 bits per heavy atom. The zero-order valence-electron chi connectivity index (χ0n) is 10.5. The van der Waals surface area contributed by atoms with Crippen LogP contribution in [0.25, 0.3) is 0 Å². The summed E-state index contributed by atoms with van der Waals surface area (Å²) in [5.41, 5.74) is 8.80. The Balaban J connectivity index is 3.09. The molecule has 0 atom stereocenters. The number of allylic oxidation sites excluding steroid dienone is 2. The van der Waals surface area contributed by atoms with Crippen molar-refractivity contribution in [1.82, 2.24) is 0 Å². The maximum absolute atomic E-state index is 5.88. The van der Waals surface area contributed by atoms with Crippen molar-refractivity contribution < 1.29 is 0 Å². The van der Waals surface area contributed by atoms with Crippen LogP contribution in [0.3, 0.4) is 0 Å². The van der Waals surface area contributed by atoms with Gasteiger partial charge in [0, 0.05) is 6.21 Å². The number of nitrogens with zero attached hydrogens (tertiary/aromatic N) is 1. The molecule has 0 fully saturated rings. The molecule has 0 aliphatic heterocycles. The molecule has 2 N–H and O–H groups in total. The van der Waals surface area contributed by atoms with Crippen LogP contribution in [-0.2, 0) is 5.41 Å². The smallest absolute Gasteiger partial charge is 0.0861 e. The van der Waals surface area contributed by atoms with Crippen molar-refractivity contribution in [2.45, 2.75) is 33.1 Å². The van der Waals surface area contributed by atoms with Gasteiger partial charge in [0.15, 0.2) is 0 Å². The summed E-state index contributed by atoms with van der Waals surface area (Å²) >= 11 is 0. The normalized spacial score (nSPS) is 12.8. The van der Waals surface area contributed by atoms with Crippen LogP contribution in [0.2, 0.25) is 0 Å². The molecule has 1 rings (SSSR count). The van der Waals surface area contributed by atoms with Crippen molar-refractivity contribution in [3.63, 3.8) is 0 Å². The zero-order chi connectivity index (χ0) is 12.2. The fraction of sp³-hybridized carbons (Fsp3) is 0.357. The molecule has 0 saturated heterocycles. The summed E-state index contributed by atoms with van der Waals surface area (Å²) in [4.78, 5) is 4.33. The molecule has 0 bridgehead atoms. The van der Waals surface area contributed by atoms with Crippen LogP contribution >= 0.6 is 0 Å². The molecule has 0 aromatic heterocycles. The highest BCUT2D eigenvalue weighted by Crippen LogP contribution is 2.29. The second kappa shape index (κ2) is 4.97. The van der Waals surface area contributed by atoms with Crippen LogP contribution in [0.1, 0.15) is 33.3 Å². The Morgan fingerprint density at radius 1 is 1.25 bits per heavy atom. The Hall–Kier alpha value is -1.57. The van der Waals surface area contributed by atoms with Crippen LogP contribution in [0.4, 0.5) is 11.4 Å². The zero-order valence-corrected chi connectivity index (χ0v) is 10.5. The predicted molar refractivity (Wildman–Crippen MR) is 72.5 cm³/mol. The van der Waals surface area contributed by atoms with Gasteiger partial charge in [-0.05, 0) is 36.1 Å². The van der Waals surface area contributed by atoms with Gasteiger partial charge in [-0.15, -0.1) is 0 Å². The third kappa shape index (κ3) is 3.23. The lowest BCUT2D eigenvalue weighted by Gasteiger charge is -2.19. The van der Waals surface area contributed by atoms with E-state index in [4.69, 9.17) is 5.73 Å². The third-order valence-corrected chi connectivity index (χ3v) is 2.39. The van der Waals surface area contributed by atoms with Gasteiger partial charge in [-0.25, -0.2) is 0 Å².